The van der Waals surface area contributed by atoms with Crippen LogP contribution in [0.15, 0.2) is 23.8 Å². The molecule has 0 aromatic rings. The molecule has 3 N–H and O–H groups in total. The van der Waals surface area contributed by atoms with Crippen molar-refractivity contribution in [1.82, 2.24) is 0 Å². The first-order valence-corrected chi connectivity index (χ1v) is 3.49. The van der Waals surface area contributed by atoms with E-state index in [1.807, 2.05) is 6.08 Å². The van der Waals surface area contributed by atoms with Gasteiger partial charge in [-0.3, -0.25) is 0 Å². The van der Waals surface area contributed by atoms with Crippen LogP contribution in [0.2, 0.25) is 0 Å². The minimum atomic E-state index is 0.343. The van der Waals surface area contributed by atoms with Gasteiger partial charge in [-0.1, -0.05) is 18.2 Å². The topological polar surface area (TPSA) is 49.9 Å². The Morgan fingerprint density at radius 1 is 1.60 bits per heavy atom. The van der Waals surface area contributed by atoms with Gasteiger partial charge in [0, 0.05) is 6.54 Å². The van der Waals surface area contributed by atoms with E-state index in [0.29, 0.717) is 12.3 Å². The molecule has 54 valence electrons. The molecule has 10 heavy (non-hydrogen) atoms. The Hall–Kier alpha value is -0.890. The number of nitrogens with two attached hydrogens (primary N) is 1. The van der Waals surface area contributed by atoms with E-state index >= 15 is 0 Å². The third-order valence-corrected chi connectivity index (χ3v) is 1.55. The molecule has 0 unspecified atom stereocenters. The minimum absolute atomic E-state index is 0.343. The smallest absolute Gasteiger partial charge is 0.0518 e. The lowest BCUT2D eigenvalue weighted by Crippen LogP contribution is -2.14. The van der Waals surface area contributed by atoms with E-state index in [1.54, 1.807) is 0 Å². The average molecular weight is 136 g/mol. The molecule has 1 aliphatic rings. The van der Waals surface area contributed by atoms with Crippen LogP contribution < -0.4 is 5.73 Å². The van der Waals surface area contributed by atoms with Crippen molar-refractivity contribution >= 4 is 5.71 Å². The van der Waals surface area contributed by atoms with E-state index in [2.05, 4.69) is 12.2 Å². The molecule has 0 fully saturated rings. The molecular formula is C8H12N2. The summed E-state index contributed by atoms with van der Waals surface area (Å²) in [5, 5.41) is 7.39. The zero-order chi connectivity index (χ0) is 7.40. The molecule has 0 amide bonds. The van der Waals surface area contributed by atoms with Crippen LogP contribution in [0, 0.1) is 5.41 Å². The van der Waals surface area contributed by atoms with E-state index in [-0.39, 0.29) is 0 Å². The number of allylic oxidation sites excluding steroid dienone is 3. The lowest BCUT2D eigenvalue weighted by Gasteiger charge is -2.05. The van der Waals surface area contributed by atoms with Gasteiger partial charge < -0.3 is 11.1 Å². The van der Waals surface area contributed by atoms with E-state index < -0.39 is 0 Å². The third-order valence-electron chi connectivity index (χ3n) is 1.55. The highest BCUT2D eigenvalue weighted by Crippen LogP contribution is 2.09. The van der Waals surface area contributed by atoms with Gasteiger partial charge in [0.2, 0.25) is 0 Å². The van der Waals surface area contributed by atoms with E-state index in [9.17, 15) is 0 Å². The van der Waals surface area contributed by atoms with Crippen molar-refractivity contribution in [3.63, 3.8) is 0 Å². The van der Waals surface area contributed by atoms with Gasteiger partial charge in [0.1, 0.15) is 0 Å². The van der Waals surface area contributed by atoms with Crippen LogP contribution in [-0.2, 0) is 0 Å². The van der Waals surface area contributed by atoms with Crippen LogP contribution in [0.25, 0.3) is 0 Å². The normalized spacial score (nSPS) is 16.7. The molecular weight excluding hydrogens is 124 g/mol. The summed E-state index contributed by atoms with van der Waals surface area (Å²) in [5.41, 5.74) is 6.84. The maximum absolute atomic E-state index is 7.39. The van der Waals surface area contributed by atoms with Crippen molar-refractivity contribution in [2.24, 2.45) is 5.73 Å². The first-order valence-electron chi connectivity index (χ1n) is 3.49. The van der Waals surface area contributed by atoms with Gasteiger partial charge in [0.15, 0.2) is 0 Å². The Balaban J connectivity index is 2.63. The van der Waals surface area contributed by atoms with Crippen molar-refractivity contribution in [1.29, 1.82) is 5.41 Å². The summed E-state index contributed by atoms with van der Waals surface area (Å²) in [6.07, 6.45) is 8.27. The minimum Gasteiger partial charge on any atom is -0.325 e. The highest BCUT2D eigenvalue weighted by atomic mass is 14.6. The Labute approximate surface area is 60.9 Å². The molecule has 0 bridgehead atoms. The first-order chi connectivity index (χ1) is 4.84. The molecule has 0 aliphatic heterocycles. The summed E-state index contributed by atoms with van der Waals surface area (Å²) < 4.78 is 0. The molecule has 0 saturated carbocycles. The summed E-state index contributed by atoms with van der Waals surface area (Å²) in [6.45, 7) is 0.343. The Morgan fingerprint density at radius 2 is 2.40 bits per heavy atom. The van der Waals surface area contributed by atoms with Crippen molar-refractivity contribution in [3.8, 4) is 0 Å². The van der Waals surface area contributed by atoms with Crippen molar-refractivity contribution in [2.75, 3.05) is 6.54 Å². The lowest BCUT2D eigenvalue weighted by atomic mass is 10.0. The summed E-state index contributed by atoms with van der Waals surface area (Å²) in [7, 11) is 0. The molecule has 0 radical (unpaired) electrons. The Morgan fingerprint density at radius 3 is 2.90 bits per heavy atom. The van der Waals surface area contributed by atoms with E-state index in [4.69, 9.17) is 11.1 Å². The number of hydrogen-bond acceptors (Lipinski definition) is 2. The fourth-order valence-electron chi connectivity index (χ4n) is 0.955. The van der Waals surface area contributed by atoms with Crippen molar-refractivity contribution in [2.45, 2.75) is 12.8 Å². The molecule has 2 nitrogen and oxygen atoms in total. The largest absolute Gasteiger partial charge is 0.325 e. The number of nitrogens with one attached hydrogen (secondary N) is 1. The molecule has 0 heterocycles. The predicted octanol–water partition coefficient (Wildman–Crippen LogP) is 1.24. The highest BCUT2D eigenvalue weighted by Gasteiger charge is 2.00. The zero-order valence-electron chi connectivity index (χ0n) is 5.93. The van der Waals surface area contributed by atoms with Crippen molar-refractivity contribution in [3.05, 3.63) is 23.8 Å². The van der Waals surface area contributed by atoms with Gasteiger partial charge in [0.05, 0.1) is 5.71 Å². The van der Waals surface area contributed by atoms with Crippen LogP contribution >= 0.6 is 0 Å². The third kappa shape index (κ3) is 1.54. The van der Waals surface area contributed by atoms with Crippen LogP contribution in [-0.4, -0.2) is 12.3 Å². The molecule has 1 aliphatic carbocycles. The molecule has 0 atom stereocenters. The monoisotopic (exact) mass is 136 g/mol. The highest BCUT2D eigenvalue weighted by molar-refractivity contribution is 6.01. The fourth-order valence-corrected chi connectivity index (χ4v) is 0.955. The second kappa shape index (κ2) is 3.32. The van der Waals surface area contributed by atoms with Crippen LogP contribution in [0.5, 0.6) is 0 Å². The van der Waals surface area contributed by atoms with Gasteiger partial charge in [0.25, 0.3) is 0 Å². The fraction of sp³-hybridized carbons (Fsp3) is 0.375. The second-order valence-electron chi connectivity index (χ2n) is 2.32. The van der Waals surface area contributed by atoms with Gasteiger partial charge >= 0.3 is 0 Å². The van der Waals surface area contributed by atoms with Crippen LogP contribution in [0.3, 0.4) is 0 Å². The first kappa shape index (κ1) is 7.22. The SMILES string of the molecule is N=C(CN)C1=CCCC=C1. The molecule has 0 aromatic carbocycles. The van der Waals surface area contributed by atoms with Crippen LogP contribution in [0.1, 0.15) is 12.8 Å². The van der Waals surface area contributed by atoms with E-state index in [1.165, 1.54) is 0 Å². The van der Waals surface area contributed by atoms with Gasteiger partial charge in [-0.2, -0.15) is 0 Å². The quantitative estimate of drug-likeness (QED) is 0.551. The van der Waals surface area contributed by atoms with Crippen molar-refractivity contribution < 1.29 is 0 Å². The van der Waals surface area contributed by atoms with Gasteiger partial charge in [-0.05, 0) is 18.4 Å². The Kier molecular flexibility index (Phi) is 2.40. The summed E-state index contributed by atoms with van der Waals surface area (Å²) in [5.74, 6) is 0. The molecule has 0 saturated heterocycles. The lowest BCUT2D eigenvalue weighted by molar-refractivity contribution is 1.02. The second-order valence-corrected chi connectivity index (χ2v) is 2.32. The molecule has 0 spiro atoms. The maximum Gasteiger partial charge on any atom is 0.0518 e. The standard InChI is InChI=1S/C8H12N2/c9-6-8(10)7-4-2-1-3-5-7/h2,4-5,10H,1,3,6,9H2. The van der Waals surface area contributed by atoms with E-state index in [0.717, 1.165) is 18.4 Å². The molecule has 2 heteroatoms. The average Bonchev–Trinajstić information content (AvgIpc) is 2.05. The summed E-state index contributed by atoms with van der Waals surface area (Å²) in [6, 6.07) is 0. The zero-order valence-corrected chi connectivity index (χ0v) is 5.93. The van der Waals surface area contributed by atoms with Gasteiger partial charge in [-0.15, -0.1) is 0 Å². The number of rotatable bonds is 2. The summed E-state index contributed by atoms with van der Waals surface area (Å²) >= 11 is 0. The number of hydrogen-bond donors (Lipinski definition) is 2. The molecule has 1 rings (SSSR count). The predicted molar refractivity (Wildman–Crippen MR) is 43.2 cm³/mol. The Bertz CT molecular complexity index is 189. The van der Waals surface area contributed by atoms with Gasteiger partial charge in [-0.25, -0.2) is 0 Å². The van der Waals surface area contributed by atoms with Crippen LogP contribution in [0.4, 0.5) is 0 Å². The molecule has 0 aromatic heterocycles. The maximum atomic E-state index is 7.39. The summed E-state index contributed by atoms with van der Waals surface area (Å²) in [4.78, 5) is 0.